The Morgan fingerprint density at radius 3 is 2.17 bits per heavy atom. The Morgan fingerprint density at radius 2 is 1.51 bits per heavy atom. The molecule has 12 heteroatoms. The maximum atomic E-state index is 12.4. The van der Waals surface area contributed by atoms with Gasteiger partial charge in [0.25, 0.3) is 0 Å². The van der Waals surface area contributed by atoms with Crippen LogP contribution in [0.5, 0.6) is 0 Å². The third kappa shape index (κ3) is 5.40. The van der Waals surface area contributed by atoms with Gasteiger partial charge in [0.15, 0.2) is 12.6 Å². The van der Waals surface area contributed by atoms with Crippen molar-refractivity contribution < 1.29 is 59.1 Å². The standard InChI is InChI=1S/C35H58O12/c1-17(36)22-10-13-35(41)33(22,5)31(39)28(38)30-32(4)11-9-21(14-20(32)8-12-34(30,35)40)46-25-16-24(43-7)29(19(3)45-25)47-26-15-23(42-6)27(37)18(2)44-26/h8,17-19,21-31,36-41H,9-16H2,1-7H3/t17-,18+,19-,21+,22+,23+,24+,25-,26-,27-,28+,29+,30+,31-,32+,33+,34+,35-/m1/s1. The van der Waals surface area contributed by atoms with Gasteiger partial charge in [0.1, 0.15) is 23.4 Å². The fourth-order valence-corrected chi connectivity index (χ4v) is 10.9. The van der Waals surface area contributed by atoms with Crippen molar-refractivity contribution in [2.24, 2.45) is 22.7 Å². The summed E-state index contributed by atoms with van der Waals surface area (Å²) in [5, 5.41) is 69.0. The summed E-state index contributed by atoms with van der Waals surface area (Å²) >= 11 is 0. The smallest absolute Gasteiger partial charge is 0.161 e. The molecule has 47 heavy (non-hydrogen) atoms. The predicted molar refractivity (Wildman–Crippen MR) is 168 cm³/mol. The highest BCUT2D eigenvalue weighted by Gasteiger charge is 2.78. The lowest BCUT2D eigenvalue weighted by Gasteiger charge is -2.68. The highest BCUT2D eigenvalue weighted by atomic mass is 16.7. The molecule has 5 fully saturated rings. The van der Waals surface area contributed by atoms with Crippen molar-refractivity contribution in [1.29, 1.82) is 0 Å². The van der Waals surface area contributed by atoms with Gasteiger partial charge in [-0.3, -0.25) is 0 Å². The van der Waals surface area contributed by atoms with Gasteiger partial charge in [-0.2, -0.15) is 0 Å². The Labute approximate surface area is 278 Å². The van der Waals surface area contributed by atoms with Gasteiger partial charge >= 0.3 is 0 Å². The first-order valence-electron chi connectivity index (χ1n) is 17.6. The van der Waals surface area contributed by atoms with Crippen LogP contribution in [-0.4, -0.2) is 130 Å². The molecule has 6 N–H and O–H groups in total. The Bertz CT molecular complexity index is 1170. The van der Waals surface area contributed by atoms with Crippen molar-refractivity contribution in [1.82, 2.24) is 0 Å². The first kappa shape index (κ1) is 36.1. The molecule has 12 nitrogen and oxygen atoms in total. The van der Waals surface area contributed by atoms with Crippen molar-refractivity contribution >= 4 is 0 Å². The van der Waals surface area contributed by atoms with E-state index in [2.05, 4.69) is 0 Å². The largest absolute Gasteiger partial charge is 0.393 e. The minimum absolute atomic E-state index is 0.141. The monoisotopic (exact) mass is 670 g/mol. The van der Waals surface area contributed by atoms with Gasteiger partial charge < -0.3 is 59.1 Å². The van der Waals surface area contributed by atoms with Crippen molar-refractivity contribution in [3.8, 4) is 0 Å². The summed E-state index contributed by atoms with van der Waals surface area (Å²) in [6.45, 7) is 9.09. The van der Waals surface area contributed by atoms with E-state index in [-0.39, 0.29) is 31.2 Å². The Balaban J connectivity index is 1.14. The van der Waals surface area contributed by atoms with Gasteiger partial charge in [-0.25, -0.2) is 0 Å². The number of fused-ring (bicyclic) bond motifs is 5. The van der Waals surface area contributed by atoms with Crippen LogP contribution in [0, 0.1) is 22.7 Å². The van der Waals surface area contributed by atoms with Gasteiger partial charge in [0.05, 0.1) is 48.8 Å². The number of aliphatic hydroxyl groups is 6. The molecule has 270 valence electrons. The second-order valence-corrected chi connectivity index (χ2v) is 15.9. The van der Waals surface area contributed by atoms with Crippen molar-refractivity contribution in [2.45, 2.75) is 171 Å². The zero-order chi connectivity index (χ0) is 34.3. The second-order valence-electron chi connectivity index (χ2n) is 15.9. The number of aliphatic hydroxyl groups excluding tert-OH is 4. The summed E-state index contributed by atoms with van der Waals surface area (Å²) in [6, 6.07) is 0. The molecule has 2 saturated heterocycles. The predicted octanol–water partition coefficient (Wildman–Crippen LogP) is 1.55. The van der Waals surface area contributed by atoms with E-state index in [9.17, 15) is 30.6 Å². The molecule has 0 bridgehead atoms. The molecule has 0 spiro atoms. The first-order valence-corrected chi connectivity index (χ1v) is 17.6. The van der Waals surface area contributed by atoms with Crippen LogP contribution in [0.25, 0.3) is 0 Å². The third-order valence-corrected chi connectivity index (χ3v) is 13.6. The summed E-state index contributed by atoms with van der Waals surface area (Å²) in [7, 11) is 3.20. The zero-order valence-corrected chi connectivity index (χ0v) is 28.9. The van der Waals surface area contributed by atoms with Crippen molar-refractivity contribution in [2.75, 3.05) is 14.2 Å². The summed E-state index contributed by atoms with van der Waals surface area (Å²) < 4.78 is 36.4. The summed E-state index contributed by atoms with van der Waals surface area (Å²) in [5.74, 6) is -1.25. The molecule has 0 aromatic heterocycles. The maximum absolute atomic E-state index is 12.4. The van der Waals surface area contributed by atoms with E-state index < -0.39 is 89.2 Å². The van der Waals surface area contributed by atoms with Crippen LogP contribution in [0.4, 0.5) is 0 Å². The first-order chi connectivity index (χ1) is 22.0. The van der Waals surface area contributed by atoms with Crippen LogP contribution in [0.3, 0.4) is 0 Å². The van der Waals surface area contributed by atoms with Crippen LogP contribution >= 0.6 is 0 Å². The fourth-order valence-electron chi connectivity index (χ4n) is 10.9. The molecule has 18 atom stereocenters. The van der Waals surface area contributed by atoms with E-state index in [4.69, 9.17) is 28.4 Å². The van der Waals surface area contributed by atoms with Crippen molar-refractivity contribution in [3.05, 3.63) is 11.6 Å². The topological polar surface area (TPSA) is 177 Å². The summed E-state index contributed by atoms with van der Waals surface area (Å²) in [6.07, 6.45) is -1.92. The molecule has 0 unspecified atom stereocenters. The van der Waals surface area contributed by atoms with E-state index >= 15 is 0 Å². The van der Waals surface area contributed by atoms with Crippen LogP contribution in [0.1, 0.15) is 86.0 Å². The molecule has 0 radical (unpaired) electrons. The number of hydrogen-bond donors (Lipinski definition) is 6. The van der Waals surface area contributed by atoms with Crippen LogP contribution < -0.4 is 0 Å². The highest BCUT2D eigenvalue weighted by Crippen LogP contribution is 2.69. The fraction of sp³-hybridized carbons (Fsp3) is 0.943. The van der Waals surface area contributed by atoms with E-state index in [0.717, 1.165) is 5.57 Å². The highest BCUT2D eigenvalue weighted by molar-refractivity contribution is 5.36. The van der Waals surface area contributed by atoms with Gasteiger partial charge in [0, 0.05) is 38.4 Å². The Kier molecular flexibility index (Phi) is 9.81. The molecule has 6 rings (SSSR count). The minimum atomic E-state index is -1.67. The van der Waals surface area contributed by atoms with Gasteiger partial charge in [0.2, 0.25) is 0 Å². The van der Waals surface area contributed by atoms with E-state index in [1.54, 1.807) is 35.0 Å². The Morgan fingerprint density at radius 1 is 0.872 bits per heavy atom. The Hall–Kier alpha value is -0.740. The number of methoxy groups -OCH3 is 2. The lowest BCUT2D eigenvalue weighted by molar-refractivity contribution is -0.333. The normalized spacial score (nSPS) is 55.4. The second kappa shape index (κ2) is 12.8. The zero-order valence-electron chi connectivity index (χ0n) is 28.9. The average molecular weight is 671 g/mol. The molecule has 2 aliphatic heterocycles. The molecule has 3 saturated carbocycles. The number of hydrogen-bond acceptors (Lipinski definition) is 12. The maximum Gasteiger partial charge on any atom is 0.161 e. The molecule has 4 aliphatic carbocycles. The average Bonchev–Trinajstić information content (AvgIpc) is 3.32. The number of rotatable bonds is 7. The summed E-state index contributed by atoms with van der Waals surface area (Å²) in [4.78, 5) is 0. The molecule has 6 aliphatic rings. The molecule has 0 aromatic carbocycles. The molecule has 0 amide bonds. The van der Waals surface area contributed by atoms with E-state index in [0.29, 0.717) is 38.5 Å². The van der Waals surface area contributed by atoms with Crippen LogP contribution in [0.15, 0.2) is 11.6 Å². The minimum Gasteiger partial charge on any atom is -0.393 e. The lowest BCUT2D eigenvalue weighted by atomic mass is 9.42. The van der Waals surface area contributed by atoms with Gasteiger partial charge in [-0.15, -0.1) is 0 Å². The SMILES string of the molecule is CO[C@H]1C[C@@H](O[C@@H]2[C@@H](OC)C[C@@H](O[C@H]3CC[C@@]4(C)C(=CC[C@]5(O)[C@H]4[C@H](O)[C@@H](O)[C@]4(C)[C@H]([C@@H](C)O)CC[C@@]45O)C3)O[C@@H]2C)O[C@@H](C)[C@H]1O. The van der Waals surface area contributed by atoms with Crippen LogP contribution in [0.2, 0.25) is 0 Å². The summed E-state index contributed by atoms with van der Waals surface area (Å²) in [5.41, 5.74) is -4.24. The van der Waals surface area contributed by atoms with Gasteiger partial charge in [-0.05, 0) is 70.6 Å². The number of ether oxygens (including phenoxy) is 6. The molecule has 0 aromatic rings. The van der Waals surface area contributed by atoms with Crippen LogP contribution in [-0.2, 0) is 28.4 Å². The third-order valence-electron chi connectivity index (χ3n) is 13.6. The molecular weight excluding hydrogens is 612 g/mol. The van der Waals surface area contributed by atoms with E-state index in [1.807, 2.05) is 19.9 Å². The molecular formula is C35H58O12. The lowest BCUT2D eigenvalue weighted by Crippen LogP contribution is -2.79. The quantitative estimate of drug-likeness (QED) is 0.216. The van der Waals surface area contributed by atoms with E-state index in [1.165, 1.54) is 0 Å². The molecule has 2 heterocycles. The van der Waals surface area contributed by atoms with Gasteiger partial charge in [-0.1, -0.05) is 25.5 Å². The van der Waals surface area contributed by atoms with Crippen molar-refractivity contribution in [3.63, 3.8) is 0 Å².